The van der Waals surface area contributed by atoms with Crippen molar-refractivity contribution in [2.75, 3.05) is 0 Å². The minimum atomic E-state index is 0.627. The minimum Gasteiger partial charge on any atom is -0.0622 e. The molecule has 0 heterocycles. The third kappa shape index (κ3) is 0.934. The van der Waals surface area contributed by atoms with Crippen LogP contribution >= 0.6 is 0 Å². The fourth-order valence-electron chi connectivity index (χ4n) is 4.26. The highest BCUT2D eigenvalue weighted by atomic mass is 14.7. The molecule has 0 N–H and O–H groups in total. The van der Waals surface area contributed by atoms with Crippen molar-refractivity contribution in [3.05, 3.63) is 35.9 Å². The Kier molecular flexibility index (Phi) is 1.29. The first-order valence-electron chi connectivity index (χ1n) is 6.30. The van der Waals surface area contributed by atoms with Gasteiger partial charge in [0.1, 0.15) is 0 Å². The second-order valence-electron chi connectivity index (χ2n) is 6.30. The average Bonchev–Trinajstić information content (AvgIpc) is 3.11. The van der Waals surface area contributed by atoms with Gasteiger partial charge < -0.3 is 0 Å². The molecule has 0 aromatic heterocycles. The highest BCUT2D eigenvalue weighted by molar-refractivity contribution is 5.38. The van der Waals surface area contributed by atoms with E-state index in [2.05, 4.69) is 37.3 Å². The second kappa shape index (κ2) is 2.31. The molecule has 0 amide bonds. The lowest BCUT2D eigenvalue weighted by Crippen LogP contribution is -2.19. The van der Waals surface area contributed by atoms with Crippen LogP contribution in [-0.4, -0.2) is 0 Å². The van der Waals surface area contributed by atoms with Gasteiger partial charge in [-0.25, -0.2) is 0 Å². The molecule has 3 fully saturated rings. The van der Waals surface area contributed by atoms with Crippen molar-refractivity contribution in [3.63, 3.8) is 0 Å². The molecule has 0 bridgehead atoms. The summed E-state index contributed by atoms with van der Waals surface area (Å²) in [7, 11) is 0. The van der Waals surface area contributed by atoms with E-state index in [1.807, 2.05) is 0 Å². The first-order valence-corrected chi connectivity index (χ1v) is 6.30. The van der Waals surface area contributed by atoms with Crippen LogP contribution in [0.25, 0.3) is 0 Å². The summed E-state index contributed by atoms with van der Waals surface area (Å²) >= 11 is 0. The van der Waals surface area contributed by atoms with Gasteiger partial charge in [-0.1, -0.05) is 37.3 Å². The molecule has 0 radical (unpaired) electrons. The number of rotatable bonds is 1. The summed E-state index contributed by atoms with van der Waals surface area (Å²) in [6.45, 7) is 2.50. The van der Waals surface area contributed by atoms with Crippen LogP contribution in [0.4, 0.5) is 0 Å². The van der Waals surface area contributed by atoms with E-state index in [0.29, 0.717) is 5.41 Å². The average molecular weight is 198 g/mol. The lowest BCUT2D eigenvalue weighted by Gasteiger charge is -2.26. The Bertz CT molecular complexity index is 407. The highest BCUT2D eigenvalue weighted by Crippen LogP contribution is 2.77. The van der Waals surface area contributed by atoms with Crippen LogP contribution in [0.3, 0.4) is 0 Å². The highest BCUT2D eigenvalue weighted by Gasteiger charge is 2.71. The van der Waals surface area contributed by atoms with Crippen molar-refractivity contribution >= 4 is 0 Å². The van der Waals surface area contributed by atoms with E-state index in [1.165, 1.54) is 25.7 Å². The Morgan fingerprint density at radius 3 is 2.60 bits per heavy atom. The van der Waals surface area contributed by atoms with Crippen molar-refractivity contribution in [1.29, 1.82) is 0 Å². The number of fused-ring (bicyclic) bond motifs is 3. The lowest BCUT2D eigenvalue weighted by molar-refractivity contribution is 0.323. The standard InChI is InChI=1S/C15H18/c1-14-7-8-15(10-13(15)12(14)9-14)11-5-3-2-4-6-11/h2-6,12-13H,7-10H2,1H3/t12-,13-,14-,15-/m0/s1. The molecule has 1 aromatic carbocycles. The largest absolute Gasteiger partial charge is 0.0622 e. The maximum absolute atomic E-state index is 2.50. The molecular formula is C15H18. The van der Waals surface area contributed by atoms with E-state index in [1.54, 1.807) is 5.56 Å². The Hall–Kier alpha value is -0.780. The molecule has 3 aliphatic rings. The van der Waals surface area contributed by atoms with Crippen molar-refractivity contribution in [2.45, 2.75) is 38.0 Å². The Labute approximate surface area is 91.7 Å². The zero-order valence-corrected chi connectivity index (χ0v) is 9.37. The molecule has 0 unspecified atom stereocenters. The molecule has 0 heteroatoms. The van der Waals surface area contributed by atoms with Crippen LogP contribution in [0.1, 0.15) is 38.2 Å². The predicted molar refractivity (Wildman–Crippen MR) is 61.7 cm³/mol. The fraction of sp³-hybridized carbons (Fsp3) is 0.600. The third-order valence-corrected chi connectivity index (χ3v) is 5.53. The normalized spacial score (nSPS) is 50.5. The summed E-state index contributed by atoms with van der Waals surface area (Å²) in [5, 5.41) is 0. The molecule has 0 nitrogen and oxygen atoms in total. The molecule has 0 saturated heterocycles. The van der Waals surface area contributed by atoms with Gasteiger partial charge >= 0.3 is 0 Å². The van der Waals surface area contributed by atoms with Crippen LogP contribution in [-0.2, 0) is 5.41 Å². The minimum absolute atomic E-state index is 0.627. The first-order chi connectivity index (χ1) is 7.25. The number of hydrogen-bond acceptors (Lipinski definition) is 0. The fourth-order valence-corrected chi connectivity index (χ4v) is 4.26. The van der Waals surface area contributed by atoms with Crippen molar-refractivity contribution < 1.29 is 0 Å². The molecular weight excluding hydrogens is 180 g/mol. The zero-order chi connectivity index (χ0) is 10.1. The summed E-state index contributed by atoms with van der Waals surface area (Å²) in [6, 6.07) is 11.3. The molecule has 15 heavy (non-hydrogen) atoms. The molecule has 0 spiro atoms. The van der Waals surface area contributed by atoms with Gasteiger partial charge in [0, 0.05) is 0 Å². The molecule has 3 saturated carbocycles. The molecule has 3 aliphatic carbocycles. The molecule has 4 rings (SSSR count). The summed E-state index contributed by atoms with van der Waals surface area (Å²) < 4.78 is 0. The predicted octanol–water partition coefficient (Wildman–Crippen LogP) is 3.76. The molecule has 4 atom stereocenters. The monoisotopic (exact) mass is 198 g/mol. The number of benzene rings is 1. The van der Waals surface area contributed by atoms with Gasteiger partial charge in [0.05, 0.1) is 0 Å². The Morgan fingerprint density at radius 1 is 1.00 bits per heavy atom. The Morgan fingerprint density at radius 2 is 1.80 bits per heavy atom. The maximum atomic E-state index is 2.50. The van der Waals surface area contributed by atoms with Gasteiger partial charge in [0.15, 0.2) is 0 Å². The smallest absolute Gasteiger partial charge is 0.00123 e. The van der Waals surface area contributed by atoms with Crippen LogP contribution in [0.5, 0.6) is 0 Å². The van der Waals surface area contributed by atoms with Gasteiger partial charge in [0.2, 0.25) is 0 Å². The van der Waals surface area contributed by atoms with Crippen molar-refractivity contribution in [2.24, 2.45) is 17.3 Å². The molecule has 1 aromatic rings. The van der Waals surface area contributed by atoms with Crippen LogP contribution in [0.15, 0.2) is 30.3 Å². The second-order valence-corrected chi connectivity index (χ2v) is 6.30. The SMILES string of the molecule is C[C@@]12CC[C@@]3(c4ccccc4)C[C@H]3[C@@H]1C2. The summed E-state index contributed by atoms with van der Waals surface area (Å²) in [4.78, 5) is 0. The van der Waals surface area contributed by atoms with E-state index in [-0.39, 0.29) is 0 Å². The summed E-state index contributed by atoms with van der Waals surface area (Å²) in [5.41, 5.74) is 3.02. The zero-order valence-electron chi connectivity index (χ0n) is 9.37. The molecule has 78 valence electrons. The van der Waals surface area contributed by atoms with E-state index >= 15 is 0 Å². The summed E-state index contributed by atoms with van der Waals surface area (Å²) in [5.74, 6) is 2.12. The van der Waals surface area contributed by atoms with E-state index < -0.39 is 0 Å². The van der Waals surface area contributed by atoms with E-state index in [4.69, 9.17) is 0 Å². The lowest BCUT2D eigenvalue weighted by atomic mass is 9.78. The van der Waals surface area contributed by atoms with Gasteiger partial charge in [-0.3, -0.25) is 0 Å². The third-order valence-electron chi connectivity index (χ3n) is 5.53. The molecule has 0 aliphatic heterocycles. The van der Waals surface area contributed by atoms with Gasteiger partial charge in [-0.15, -0.1) is 0 Å². The summed E-state index contributed by atoms with van der Waals surface area (Å²) in [6.07, 6.45) is 5.93. The quantitative estimate of drug-likeness (QED) is 0.644. The van der Waals surface area contributed by atoms with Gasteiger partial charge in [-0.2, -0.15) is 0 Å². The van der Waals surface area contributed by atoms with Crippen LogP contribution in [0.2, 0.25) is 0 Å². The van der Waals surface area contributed by atoms with Crippen LogP contribution in [0, 0.1) is 17.3 Å². The van der Waals surface area contributed by atoms with Gasteiger partial charge in [-0.05, 0) is 53.9 Å². The van der Waals surface area contributed by atoms with Crippen LogP contribution < -0.4 is 0 Å². The topological polar surface area (TPSA) is 0 Å². The van der Waals surface area contributed by atoms with E-state index in [0.717, 1.165) is 17.3 Å². The Balaban J connectivity index is 1.70. The van der Waals surface area contributed by atoms with Crippen molar-refractivity contribution in [3.8, 4) is 0 Å². The van der Waals surface area contributed by atoms with Crippen molar-refractivity contribution in [1.82, 2.24) is 0 Å². The number of hydrogen-bond donors (Lipinski definition) is 0. The van der Waals surface area contributed by atoms with Gasteiger partial charge in [0.25, 0.3) is 0 Å². The van der Waals surface area contributed by atoms with E-state index in [9.17, 15) is 0 Å². The maximum Gasteiger partial charge on any atom is -0.00123 e. The first kappa shape index (κ1) is 8.38.